The summed E-state index contributed by atoms with van der Waals surface area (Å²) in [6.07, 6.45) is 1.74. The van der Waals surface area contributed by atoms with Gasteiger partial charge in [0.05, 0.1) is 10.2 Å². The highest BCUT2D eigenvalue weighted by atomic mass is 79.9. The quantitative estimate of drug-likeness (QED) is 0.437. The zero-order valence-electron chi connectivity index (χ0n) is 17.6. The number of para-hydroxylation sites is 2. The SMILES string of the molecule is CN(C)c1ccccc1-c1ccccc1N=Cc1cc(C(C)(C)C)cc(Br)c1O. The van der Waals surface area contributed by atoms with E-state index in [1.807, 2.05) is 56.6 Å². The normalized spacial score (nSPS) is 11.8. The molecule has 0 aliphatic rings. The van der Waals surface area contributed by atoms with Crippen LogP contribution in [0.5, 0.6) is 5.75 Å². The van der Waals surface area contributed by atoms with Crippen molar-refractivity contribution < 1.29 is 5.11 Å². The molecule has 0 saturated heterocycles. The van der Waals surface area contributed by atoms with Gasteiger partial charge in [0, 0.05) is 42.7 Å². The third-order valence-corrected chi connectivity index (χ3v) is 5.49. The second-order valence-electron chi connectivity index (χ2n) is 8.33. The fourth-order valence-electron chi connectivity index (χ4n) is 3.20. The average Bonchev–Trinajstić information content (AvgIpc) is 2.68. The summed E-state index contributed by atoms with van der Waals surface area (Å²) < 4.78 is 0.678. The number of nitrogens with zero attached hydrogens (tertiary/aromatic N) is 2. The Kier molecular flexibility index (Phi) is 6.13. The number of aromatic hydroxyl groups is 1. The minimum absolute atomic E-state index is 0.0264. The van der Waals surface area contributed by atoms with Gasteiger partial charge < -0.3 is 10.0 Å². The Hall–Kier alpha value is -2.59. The van der Waals surface area contributed by atoms with Gasteiger partial charge in [-0.1, -0.05) is 57.2 Å². The first-order valence-corrected chi connectivity index (χ1v) is 10.4. The number of phenols is 1. The third kappa shape index (κ3) is 4.70. The van der Waals surface area contributed by atoms with Gasteiger partial charge in [0.25, 0.3) is 0 Å². The van der Waals surface area contributed by atoms with E-state index in [-0.39, 0.29) is 11.2 Å². The number of halogens is 1. The highest BCUT2D eigenvalue weighted by Crippen LogP contribution is 2.37. The second-order valence-corrected chi connectivity index (χ2v) is 9.19. The van der Waals surface area contributed by atoms with Gasteiger partial charge in [-0.3, -0.25) is 4.99 Å². The van der Waals surface area contributed by atoms with Crippen LogP contribution in [0.1, 0.15) is 31.9 Å². The fraction of sp³-hybridized carbons (Fsp3) is 0.240. The lowest BCUT2D eigenvalue weighted by atomic mass is 9.86. The molecule has 0 saturated carbocycles. The molecule has 0 aliphatic heterocycles. The zero-order chi connectivity index (χ0) is 21.2. The van der Waals surface area contributed by atoms with E-state index >= 15 is 0 Å². The van der Waals surface area contributed by atoms with E-state index in [4.69, 9.17) is 4.99 Å². The fourth-order valence-corrected chi connectivity index (χ4v) is 3.67. The van der Waals surface area contributed by atoms with Gasteiger partial charge in [-0.25, -0.2) is 0 Å². The van der Waals surface area contributed by atoms with E-state index in [0.717, 1.165) is 28.1 Å². The maximum absolute atomic E-state index is 10.5. The molecule has 0 atom stereocenters. The van der Waals surface area contributed by atoms with Crippen LogP contribution in [0, 0.1) is 0 Å². The Morgan fingerprint density at radius 2 is 1.55 bits per heavy atom. The predicted molar refractivity (Wildman–Crippen MR) is 128 cm³/mol. The van der Waals surface area contributed by atoms with Crippen LogP contribution in [0.2, 0.25) is 0 Å². The lowest BCUT2D eigenvalue weighted by molar-refractivity contribution is 0.469. The van der Waals surface area contributed by atoms with Crippen molar-refractivity contribution in [2.45, 2.75) is 26.2 Å². The van der Waals surface area contributed by atoms with Crippen LogP contribution in [0.25, 0.3) is 11.1 Å². The van der Waals surface area contributed by atoms with E-state index in [2.05, 4.69) is 59.8 Å². The molecule has 3 nitrogen and oxygen atoms in total. The molecule has 0 unspecified atom stereocenters. The van der Waals surface area contributed by atoms with Gasteiger partial charge in [0.15, 0.2) is 0 Å². The number of rotatable bonds is 4. The number of phenolic OH excluding ortho intramolecular Hbond substituents is 1. The number of aliphatic imine (C=N–C) groups is 1. The Balaban J connectivity index is 2.08. The molecule has 0 fully saturated rings. The van der Waals surface area contributed by atoms with Crippen LogP contribution in [0.4, 0.5) is 11.4 Å². The van der Waals surface area contributed by atoms with Crippen molar-refractivity contribution in [1.29, 1.82) is 0 Å². The van der Waals surface area contributed by atoms with Gasteiger partial charge in [-0.05, 0) is 51.2 Å². The molecule has 0 amide bonds. The topological polar surface area (TPSA) is 35.8 Å². The van der Waals surface area contributed by atoms with Crippen molar-refractivity contribution in [2.75, 3.05) is 19.0 Å². The Bertz CT molecular complexity index is 1050. The molecule has 3 rings (SSSR count). The maximum Gasteiger partial charge on any atom is 0.138 e. The molecule has 3 aromatic carbocycles. The molecule has 4 heteroatoms. The molecule has 3 aromatic rings. The minimum Gasteiger partial charge on any atom is -0.506 e. The first-order chi connectivity index (χ1) is 13.7. The molecule has 0 bridgehead atoms. The summed E-state index contributed by atoms with van der Waals surface area (Å²) in [5.41, 5.74) is 5.97. The third-order valence-electron chi connectivity index (χ3n) is 4.88. The lowest BCUT2D eigenvalue weighted by Crippen LogP contribution is -2.11. The van der Waals surface area contributed by atoms with E-state index < -0.39 is 0 Å². The van der Waals surface area contributed by atoms with Gasteiger partial charge in [-0.2, -0.15) is 0 Å². The molecule has 0 heterocycles. The van der Waals surface area contributed by atoms with Crippen molar-refractivity contribution in [3.8, 4) is 16.9 Å². The van der Waals surface area contributed by atoms with Crippen LogP contribution in [0.3, 0.4) is 0 Å². The van der Waals surface area contributed by atoms with Crippen molar-refractivity contribution in [2.24, 2.45) is 4.99 Å². The molecule has 0 aromatic heterocycles. The number of benzene rings is 3. The van der Waals surface area contributed by atoms with Crippen LogP contribution >= 0.6 is 15.9 Å². The summed E-state index contributed by atoms with van der Waals surface area (Å²) in [6, 6.07) is 20.3. The predicted octanol–water partition coefficient (Wildman–Crippen LogP) is 6.94. The van der Waals surface area contributed by atoms with Crippen LogP contribution in [0.15, 0.2) is 70.1 Å². The highest BCUT2D eigenvalue weighted by Gasteiger charge is 2.17. The van der Waals surface area contributed by atoms with E-state index in [9.17, 15) is 5.11 Å². The summed E-state index contributed by atoms with van der Waals surface area (Å²) in [5.74, 6) is 0.202. The van der Waals surface area contributed by atoms with Gasteiger partial charge in [-0.15, -0.1) is 0 Å². The molecule has 0 spiro atoms. The molecular weight excluding hydrogens is 424 g/mol. The summed E-state index contributed by atoms with van der Waals surface area (Å²) in [7, 11) is 4.08. The van der Waals surface area contributed by atoms with Gasteiger partial charge in [0.2, 0.25) is 0 Å². The van der Waals surface area contributed by atoms with E-state index in [0.29, 0.717) is 10.0 Å². The summed E-state index contributed by atoms with van der Waals surface area (Å²) in [4.78, 5) is 6.86. The Labute approximate surface area is 181 Å². The summed E-state index contributed by atoms with van der Waals surface area (Å²) >= 11 is 3.48. The molecule has 1 N–H and O–H groups in total. The van der Waals surface area contributed by atoms with E-state index in [1.54, 1.807) is 6.21 Å². The molecule has 0 radical (unpaired) electrons. The van der Waals surface area contributed by atoms with Gasteiger partial charge >= 0.3 is 0 Å². The van der Waals surface area contributed by atoms with Crippen molar-refractivity contribution in [3.63, 3.8) is 0 Å². The standard InChI is InChI=1S/C25H27BrN2O/c1-25(2,3)18-14-17(24(29)21(26)15-18)16-27-22-12-8-6-10-19(22)20-11-7-9-13-23(20)28(4)5/h6-16,29H,1-5H3. The van der Waals surface area contributed by atoms with Crippen molar-refractivity contribution in [3.05, 3.63) is 76.3 Å². The Morgan fingerprint density at radius 1 is 0.931 bits per heavy atom. The maximum atomic E-state index is 10.5. The first kappa shape index (κ1) is 21.1. The first-order valence-electron chi connectivity index (χ1n) is 9.61. The molecule has 29 heavy (non-hydrogen) atoms. The number of hydrogen-bond acceptors (Lipinski definition) is 3. The number of anilines is 1. The zero-order valence-corrected chi connectivity index (χ0v) is 19.2. The minimum atomic E-state index is -0.0264. The number of hydrogen-bond donors (Lipinski definition) is 1. The molecule has 0 aliphatic carbocycles. The van der Waals surface area contributed by atoms with Crippen LogP contribution in [-0.4, -0.2) is 25.4 Å². The van der Waals surface area contributed by atoms with E-state index in [1.165, 1.54) is 0 Å². The monoisotopic (exact) mass is 450 g/mol. The Morgan fingerprint density at radius 3 is 2.21 bits per heavy atom. The largest absolute Gasteiger partial charge is 0.506 e. The van der Waals surface area contributed by atoms with Crippen LogP contribution < -0.4 is 4.90 Å². The van der Waals surface area contributed by atoms with Crippen LogP contribution in [-0.2, 0) is 5.41 Å². The smallest absolute Gasteiger partial charge is 0.138 e. The summed E-state index contributed by atoms with van der Waals surface area (Å²) in [5, 5.41) is 10.5. The molecular formula is C25H27BrN2O. The van der Waals surface area contributed by atoms with Crippen molar-refractivity contribution in [1.82, 2.24) is 0 Å². The van der Waals surface area contributed by atoms with Gasteiger partial charge in [0.1, 0.15) is 5.75 Å². The second kappa shape index (κ2) is 8.42. The van der Waals surface area contributed by atoms with Crippen molar-refractivity contribution >= 4 is 33.5 Å². The molecule has 150 valence electrons. The lowest BCUT2D eigenvalue weighted by Gasteiger charge is -2.20. The highest BCUT2D eigenvalue weighted by molar-refractivity contribution is 9.10. The average molecular weight is 451 g/mol. The summed E-state index contributed by atoms with van der Waals surface area (Å²) in [6.45, 7) is 6.46.